The van der Waals surface area contributed by atoms with E-state index in [4.69, 9.17) is 0 Å². The maximum absolute atomic E-state index is 12.3. The van der Waals surface area contributed by atoms with Gasteiger partial charge in [-0.2, -0.15) is 0 Å². The number of aliphatic hydroxyl groups is 1. The molecule has 2 aliphatic carbocycles. The standard InChI is InChI=1S/C15H26O2/c1-10(2)12(16)11-6-9-14(3)7-5-8-15(4,17)13(11)14/h10-11,13,17H,5-9H2,1-4H3. The lowest BCUT2D eigenvalue weighted by Crippen LogP contribution is -2.49. The van der Waals surface area contributed by atoms with Gasteiger partial charge in [0.1, 0.15) is 5.78 Å². The first-order valence-corrected chi connectivity index (χ1v) is 7.04. The SMILES string of the molecule is CC(C)C(=O)C1CCC2(C)CCCC(C)(O)C12. The van der Waals surface area contributed by atoms with Crippen LogP contribution >= 0.6 is 0 Å². The molecule has 4 atom stereocenters. The molecule has 0 amide bonds. The van der Waals surface area contributed by atoms with Crippen LogP contribution in [0, 0.1) is 23.2 Å². The second kappa shape index (κ2) is 4.08. The zero-order valence-electron chi connectivity index (χ0n) is 11.6. The second-order valence-electron chi connectivity index (χ2n) is 7.04. The maximum Gasteiger partial charge on any atom is 0.138 e. The van der Waals surface area contributed by atoms with Crippen molar-refractivity contribution in [2.45, 2.75) is 65.4 Å². The lowest BCUT2D eigenvalue weighted by atomic mass is 9.60. The van der Waals surface area contributed by atoms with Crippen molar-refractivity contribution >= 4 is 5.78 Å². The Morgan fingerprint density at radius 3 is 2.47 bits per heavy atom. The monoisotopic (exact) mass is 238 g/mol. The van der Waals surface area contributed by atoms with Gasteiger partial charge in [-0.1, -0.05) is 27.2 Å². The highest BCUT2D eigenvalue weighted by Crippen LogP contribution is 2.58. The molecule has 0 aromatic heterocycles. The molecule has 2 heteroatoms. The maximum atomic E-state index is 12.3. The summed E-state index contributed by atoms with van der Waals surface area (Å²) in [5.74, 6) is 0.731. The Kier molecular flexibility index (Phi) is 3.14. The topological polar surface area (TPSA) is 37.3 Å². The van der Waals surface area contributed by atoms with E-state index in [2.05, 4.69) is 6.92 Å². The van der Waals surface area contributed by atoms with Crippen LogP contribution in [0.2, 0.25) is 0 Å². The van der Waals surface area contributed by atoms with Gasteiger partial charge in [-0.25, -0.2) is 0 Å². The van der Waals surface area contributed by atoms with Gasteiger partial charge in [-0.05, 0) is 38.0 Å². The molecular weight excluding hydrogens is 212 g/mol. The van der Waals surface area contributed by atoms with Crippen molar-refractivity contribution in [1.29, 1.82) is 0 Å². The number of carbonyl (C=O) groups is 1. The number of Topliss-reactive ketones (excluding diaryl/α,β-unsaturated/α-hetero) is 1. The molecule has 1 N–H and O–H groups in total. The number of hydrogen-bond acceptors (Lipinski definition) is 2. The van der Waals surface area contributed by atoms with Crippen molar-refractivity contribution < 1.29 is 9.90 Å². The molecule has 0 aromatic rings. The predicted octanol–water partition coefficient (Wildman–Crippen LogP) is 3.18. The average Bonchev–Trinajstić information content (AvgIpc) is 2.55. The van der Waals surface area contributed by atoms with E-state index in [9.17, 15) is 9.90 Å². The van der Waals surface area contributed by atoms with Crippen molar-refractivity contribution in [1.82, 2.24) is 0 Å². The minimum Gasteiger partial charge on any atom is -0.390 e. The highest BCUT2D eigenvalue weighted by molar-refractivity contribution is 5.83. The molecule has 2 rings (SSSR count). The Bertz CT molecular complexity index is 319. The first-order chi connectivity index (χ1) is 7.78. The van der Waals surface area contributed by atoms with Gasteiger partial charge in [-0.15, -0.1) is 0 Å². The Morgan fingerprint density at radius 1 is 1.24 bits per heavy atom. The van der Waals surface area contributed by atoms with Crippen LogP contribution in [0.3, 0.4) is 0 Å². The van der Waals surface area contributed by atoms with Crippen molar-refractivity contribution in [2.75, 3.05) is 0 Å². The third kappa shape index (κ3) is 2.05. The van der Waals surface area contributed by atoms with Crippen LogP contribution in [0.1, 0.15) is 59.8 Å². The molecule has 0 aromatic carbocycles. The quantitative estimate of drug-likeness (QED) is 0.802. The van der Waals surface area contributed by atoms with Gasteiger partial charge in [0, 0.05) is 17.8 Å². The third-order valence-corrected chi connectivity index (χ3v) is 5.21. The molecule has 2 aliphatic rings. The fraction of sp³-hybridized carbons (Fsp3) is 0.933. The summed E-state index contributed by atoms with van der Waals surface area (Å²) in [6, 6.07) is 0. The van der Waals surface area contributed by atoms with E-state index in [1.807, 2.05) is 20.8 Å². The Morgan fingerprint density at radius 2 is 1.88 bits per heavy atom. The molecule has 2 nitrogen and oxygen atoms in total. The molecule has 0 spiro atoms. The molecule has 4 unspecified atom stereocenters. The third-order valence-electron chi connectivity index (χ3n) is 5.21. The normalized spacial score (nSPS) is 46.0. The largest absolute Gasteiger partial charge is 0.390 e. The highest BCUT2D eigenvalue weighted by atomic mass is 16.3. The van der Waals surface area contributed by atoms with E-state index in [-0.39, 0.29) is 23.2 Å². The molecule has 0 heterocycles. The van der Waals surface area contributed by atoms with Crippen LogP contribution in [0.25, 0.3) is 0 Å². The summed E-state index contributed by atoms with van der Waals surface area (Å²) in [6.45, 7) is 8.19. The number of rotatable bonds is 2. The molecule has 0 radical (unpaired) electrons. The second-order valence-corrected chi connectivity index (χ2v) is 7.04. The Labute approximate surface area is 105 Å². The van der Waals surface area contributed by atoms with Gasteiger partial charge >= 0.3 is 0 Å². The van der Waals surface area contributed by atoms with Gasteiger partial charge in [-0.3, -0.25) is 4.79 Å². The first-order valence-electron chi connectivity index (χ1n) is 7.04. The van der Waals surface area contributed by atoms with Gasteiger partial charge in [0.15, 0.2) is 0 Å². The summed E-state index contributed by atoms with van der Waals surface area (Å²) >= 11 is 0. The number of carbonyl (C=O) groups excluding carboxylic acids is 1. The molecule has 17 heavy (non-hydrogen) atoms. The zero-order valence-corrected chi connectivity index (χ0v) is 11.6. The molecule has 0 aliphatic heterocycles. The van der Waals surface area contributed by atoms with E-state index in [1.54, 1.807) is 0 Å². The van der Waals surface area contributed by atoms with Crippen LogP contribution in [-0.4, -0.2) is 16.5 Å². The molecule has 0 bridgehead atoms. The molecule has 2 fully saturated rings. The lowest BCUT2D eigenvalue weighted by molar-refractivity contribution is -0.139. The average molecular weight is 238 g/mol. The number of ketones is 1. The molecular formula is C15H26O2. The number of hydrogen-bond donors (Lipinski definition) is 1. The minimum absolute atomic E-state index is 0.0929. The predicted molar refractivity (Wildman–Crippen MR) is 68.6 cm³/mol. The lowest BCUT2D eigenvalue weighted by Gasteiger charge is -2.48. The summed E-state index contributed by atoms with van der Waals surface area (Å²) in [4.78, 5) is 12.3. The fourth-order valence-electron chi connectivity index (χ4n) is 4.50. The summed E-state index contributed by atoms with van der Waals surface area (Å²) < 4.78 is 0. The zero-order chi connectivity index (χ0) is 12.8. The molecule has 0 saturated heterocycles. The van der Waals surface area contributed by atoms with E-state index in [0.29, 0.717) is 5.78 Å². The van der Waals surface area contributed by atoms with Crippen LogP contribution in [0.5, 0.6) is 0 Å². The minimum atomic E-state index is -0.640. The molecule has 2 saturated carbocycles. The van der Waals surface area contributed by atoms with E-state index in [0.717, 1.165) is 25.7 Å². The fourth-order valence-corrected chi connectivity index (χ4v) is 4.50. The summed E-state index contributed by atoms with van der Waals surface area (Å²) in [5.41, 5.74) is -0.449. The highest BCUT2D eigenvalue weighted by Gasteiger charge is 2.56. The number of fused-ring (bicyclic) bond motifs is 1. The smallest absolute Gasteiger partial charge is 0.138 e. The molecule has 98 valence electrons. The van der Waals surface area contributed by atoms with Crippen LogP contribution in [-0.2, 0) is 4.79 Å². The Balaban J connectivity index is 2.30. The van der Waals surface area contributed by atoms with E-state index in [1.165, 1.54) is 6.42 Å². The van der Waals surface area contributed by atoms with Gasteiger partial charge in [0.2, 0.25) is 0 Å². The van der Waals surface area contributed by atoms with Crippen LogP contribution < -0.4 is 0 Å². The van der Waals surface area contributed by atoms with Gasteiger partial charge in [0.25, 0.3) is 0 Å². The summed E-state index contributed by atoms with van der Waals surface area (Å²) in [5, 5.41) is 10.7. The first kappa shape index (κ1) is 13.1. The van der Waals surface area contributed by atoms with E-state index < -0.39 is 5.60 Å². The van der Waals surface area contributed by atoms with Crippen molar-refractivity contribution in [3.8, 4) is 0 Å². The van der Waals surface area contributed by atoms with Gasteiger partial charge < -0.3 is 5.11 Å². The van der Waals surface area contributed by atoms with Crippen LogP contribution in [0.15, 0.2) is 0 Å². The Hall–Kier alpha value is -0.370. The van der Waals surface area contributed by atoms with Gasteiger partial charge in [0.05, 0.1) is 5.60 Å². The van der Waals surface area contributed by atoms with E-state index >= 15 is 0 Å². The van der Waals surface area contributed by atoms with Crippen LogP contribution in [0.4, 0.5) is 0 Å². The van der Waals surface area contributed by atoms with Crippen molar-refractivity contribution in [3.63, 3.8) is 0 Å². The summed E-state index contributed by atoms with van der Waals surface area (Å²) in [6.07, 6.45) is 5.22. The van der Waals surface area contributed by atoms with Crippen molar-refractivity contribution in [2.24, 2.45) is 23.2 Å². The van der Waals surface area contributed by atoms with Crippen molar-refractivity contribution in [3.05, 3.63) is 0 Å². The summed E-state index contributed by atoms with van der Waals surface area (Å²) in [7, 11) is 0.